The van der Waals surface area contributed by atoms with Crippen molar-refractivity contribution >= 4 is 34.4 Å². The number of rotatable bonds is 6. The molecule has 2 rings (SSSR count). The van der Waals surface area contributed by atoms with Crippen LogP contribution in [0.25, 0.3) is 0 Å². The van der Waals surface area contributed by atoms with Crippen molar-refractivity contribution < 1.29 is 23.9 Å². The van der Waals surface area contributed by atoms with Gasteiger partial charge in [0, 0.05) is 24.4 Å². The number of methoxy groups -OCH3 is 1. The fourth-order valence-corrected chi connectivity index (χ4v) is 3.25. The maximum atomic E-state index is 11.9. The highest BCUT2D eigenvalue weighted by Crippen LogP contribution is 2.28. The molecule has 0 saturated carbocycles. The molecule has 0 radical (unpaired) electrons. The zero-order valence-corrected chi connectivity index (χ0v) is 14.4. The summed E-state index contributed by atoms with van der Waals surface area (Å²) in [5.41, 5.74) is 0.926. The lowest BCUT2D eigenvalue weighted by Crippen LogP contribution is -2.41. The Morgan fingerprint density at radius 3 is 2.88 bits per heavy atom. The van der Waals surface area contributed by atoms with Gasteiger partial charge in [0.05, 0.1) is 26.0 Å². The standard InChI is InChI=1S/C14H20N4O5S/c1-3-23-12(20)6-15-11(19)8-18-5-4-9-10(7-18)24-13(16-9)17-14(21)22-2/h3-8H2,1-2H3,(H,15,19)(H,16,17,21). The van der Waals surface area contributed by atoms with Crippen molar-refractivity contribution in [3.63, 3.8) is 0 Å². The van der Waals surface area contributed by atoms with Crippen LogP contribution in [-0.2, 0) is 32.0 Å². The van der Waals surface area contributed by atoms with Gasteiger partial charge in [-0.2, -0.15) is 0 Å². The van der Waals surface area contributed by atoms with Crippen molar-refractivity contribution in [1.29, 1.82) is 0 Å². The first-order valence-electron chi connectivity index (χ1n) is 7.50. The van der Waals surface area contributed by atoms with E-state index in [1.807, 2.05) is 4.90 Å². The van der Waals surface area contributed by atoms with Gasteiger partial charge in [0.15, 0.2) is 5.13 Å². The average molecular weight is 356 g/mol. The Morgan fingerprint density at radius 2 is 2.17 bits per heavy atom. The van der Waals surface area contributed by atoms with Crippen molar-refractivity contribution in [1.82, 2.24) is 15.2 Å². The molecule has 9 nitrogen and oxygen atoms in total. The Hall–Kier alpha value is -2.20. The summed E-state index contributed by atoms with van der Waals surface area (Å²) in [6, 6.07) is 0. The monoisotopic (exact) mass is 356 g/mol. The van der Waals surface area contributed by atoms with Crippen LogP contribution < -0.4 is 10.6 Å². The van der Waals surface area contributed by atoms with Crippen LogP contribution in [0.15, 0.2) is 0 Å². The first-order chi connectivity index (χ1) is 11.5. The molecule has 2 N–H and O–H groups in total. The summed E-state index contributed by atoms with van der Waals surface area (Å²) in [6.07, 6.45) is 0.135. The molecule has 2 heterocycles. The summed E-state index contributed by atoms with van der Waals surface area (Å²) in [6.45, 7) is 3.32. The molecule has 0 spiro atoms. The molecule has 0 aliphatic carbocycles. The molecule has 0 atom stereocenters. The molecule has 10 heteroatoms. The molecular weight excluding hydrogens is 336 g/mol. The zero-order valence-electron chi connectivity index (χ0n) is 13.6. The largest absolute Gasteiger partial charge is 0.465 e. The van der Waals surface area contributed by atoms with Crippen LogP contribution >= 0.6 is 11.3 Å². The summed E-state index contributed by atoms with van der Waals surface area (Å²) >= 11 is 1.36. The molecule has 0 fully saturated rings. The Balaban J connectivity index is 1.82. The molecule has 132 valence electrons. The van der Waals surface area contributed by atoms with Crippen LogP contribution in [0.4, 0.5) is 9.93 Å². The predicted molar refractivity (Wildman–Crippen MR) is 86.8 cm³/mol. The normalized spacial score (nSPS) is 13.8. The van der Waals surface area contributed by atoms with E-state index in [0.29, 0.717) is 24.6 Å². The highest BCUT2D eigenvalue weighted by atomic mass is 32.1. The molecule has 1 aromatic heterocycles. The van der Waals surface area contributed by atoms with E-state index in [9.17, 15) is 14.4 Å². The number of esters is 1. The summed E-state index contributed by atoms with van der Waals surface area (Å²) in [4.78, 5) is 41.6. The zero-order chi connectivity index (χ0) is 17.5. The summed E-state index contributed by atoms with van der Waals surface area (Å²) in [5.74, 6) is -0.684. The van der Waals surface area contributed by atoms with E-state index in [-0.39, 0.29) is 25.6 Å². The maximum Gasteiger partial charge on any atom is 0.413 e. The average Bonchev–Trinajstić information content (AvgIpc) is 2.94. The lowest BCUT2D eigenvalue weighted by molar-refractivity contribution is -0.143. The minimum Gasteiger partial charge on any atom is -0.465 e. The number of ether oxygens (including phenoxy) is 2. The van der Waals surface area contributed by atoms with Crippen LogP contribution in [0.5, 0.6) is 0 Å². The molecular formula is C14H20N4O5S. The Kier molecular flexibility index (Phi) is 6.50. The van der Waals surface area contributed by atoms with Crippen LogP contribution in [0.2, 0.25) is 0 Å². The number of nitrogens with one attached hydrogen (secondary N) is 2. The molecule has 24 heavy (non-hydrogen) atoms. The molecule has 2 amide bonds. The van der Waals surface area contributed by atoms with Crippen LogP contribution in [0.1, 0.15) is 17.5 Å². The first-order valence-corrected chi connectivity index (χ1v) is 8.31. The highest BCUT2D eigenvalue weighted by Gasteiger charge is 2.23. The van der Waals surface area contributed by atoms with Gasteiger partial charge < -0.3 is 14.8 Å². The number of carbonyl (C=O) groups excluding carboxylic acids is 3. The molecule has 1 aliphatic rings. The minimum atomic E-state index is -0.559. The van der Waals surface area contributed by atoms with Crippen molar-refractivity contribution in [3.05, 3.63) is 10.6 Å². The predicted octanol–water partition coefficient (Wildman–Crippen LogP) is 0.359. The van der Waals surface area contributed by atoms with Crippen LogP contribution in [0.3, 0.4) is 0 Å². The molecule has 1 aliphatic heterocycles. The summed E-state index contributed by atoms with van der Waals surface area (Å²) < 4.78 is 9.29. The third-order valence-electron chi connectivity index (χ3n) is 3.31. The van der Waals surface area contributed by atoms with Gasteiger partial charge in [-0.1, -0.05) is 11.3 Å². The number of hydrogen-bond acceptors (Lipinski definition) is 8. The third kappa shape index (κ3) is 5.17. The van der Waals surface area contributed by atoms with Gasteiger partial charge in [0.25, 0.3) is 0 Å². The van der Waals surface area contributed by atoms with Gasteiger partial charge >= 0.3 is 12.1 Å². The van der Waals surface area contributed by atoms with E-state index in [4.69, 9.17) is 4.74 Å². The van der Waals surface area contributed by atoms with E-state index >= 15 is 0 Å². The van der Waals surface area contributed by atoms with Crippen molar-refractivity contribution in [3.8, 4) is 0 Å². The molecule has 0 saturated heterocycles. The Bertz CT molecular complexity index is 618. The fourth-order valence-electron chi connectivity index (χ4n) is 2.22. The number of hydrogen-bond donors (Lipinski definition) is 2. The van der Waals surface area contributed by atoms with Crippen LogP contribution in [0, 0.1) is 0 Å². The SMILES string of the molecule is CCOC(=O)CNC(=O)CN1CCc2nc(NC(=O)OC)sc2C1. The van der Waals surface area contributed by atoms with Crippen molar-refractivity contribution in [2.24, 2.45) is 0 Å². The van der Waals surface area contributed by atoms with Gasteiger partial charge in [-0.3, -0.25) is 19.8 Å². The topological polar surface area (TPSA) is 110 Å². The van der Waals surface area contributed by atoms with E-state index < -0.39 is 12.1 Å². The Morgan fingerprint density at radius 1 is 1.38 bits per heavy atom. The van der Waals surface area contributed by atoms with Gasteiger partial charge in [-0.25, -0.2) is 9.78 Å². The second kappa shape index (κ2) is 8.60. The number of amides is 2. The van der Waals surface area contributed by atoms with Gasteiger partial charge in [-0.15, -0.1) is 0 Å². The fraction of sp³-hybridized carbons (Fsp3) is 0.571. The number of fused-ring (bicyclic) bond motifs is 1. The van der Waals surface area contributed by atoms with E-state index in [1.165, 1.54) is 18.4 Å². The number of aromatic nitrogens is 1. The van der Waals surface area contributed by atoms with E-state index in [1.54, 1.807) is 6.92 Å². The molecule has 1 aromatic rings. The van der Waals surface area contributed by atoms with Crippen molar-refractivity contribution in [2.45, 2.75) is 19.9 Å². The summed E-state index contributed by atoms with van der Waals surface area (Å²) in [7, 11) is 1.29. The number of anilines is 1. The Labute approximate surface area is 143 Å². The summed E-state index contributed by atoms with van der Waals surface area (Å²) in [5, 5.41) is 5.57. The van der Waals surface area contributed by atoms with E-state index in [2.05, 4.69) is 20.4 Å². The molecule has 0 aromatic carbocycles. The second-order valence-corrected chi connectivity index (χ2v) is 6.13. The number of nitrogens with zero attached hydrogens (tertiary/aromatic N) is 2. The van der Waals surface area contributed by atoms with Gasteiger partial charge in [0.1, 0.15) is 6.54 Å². The number of carbonyl (C=O) groups is 3. The lowest BCUT2D eigenvalue weighted by Gasteiger charge is -2.24. The molecule has 0 bridgehead atoms. The highest BCUT2D eigenvalue weighted by molar-refractivity contribution is 7.15. The van der Waals surface area contributed by atoms with E-state index in [0.717, 1.165) is 10.6 Å². The van der Waals surface area contributed by atoms with Gasteiger partial charge in [0.2, 0.25) is 5.91 Å². The smallest absolute Gasteiger partial charge is 0.413 e. The first kappa shape index (κ1) is 18.1. The minimum absolute atomic E-state index is 0.125. The maximum absolute atomic E-state index is 11.9. The second-order valence-electron chi connectivity index (χ2n) is 5.05. The van der Waals surface area contributed by atoms with Gasteiger partial charge in [-0.05, 0) is 6.92 Å². The molecule has 0 unspecified atom stereocenters. The third-order valence-corrected chi connectivity index (χ3v) is 4.30. The number of thiazole rings is 1. The lowest BCUT2D eigenvalue weighted by atomic mass is 10.2. The van der Waals surface area contributed by atoms with Crippen LogP contribution in [-0.4, -0.2) is 61.2 Å². The quantitative estimate of drug-likeness (QED) is 0.708. The van der Waals surface area contributed by atoms with Crippen molar-refractivity contribution in [2.75, 3.05) is 38.7 Å².